The van der Waals surface area contributed by atoms with E-state index in [1.165, 1.54) is 12.5 Å². The molecular weight excluding hydrogens is 652 g/mol. The van der Waals surface area contributed by atoms with Gasteiger partial charge in [-0.15, -0.1) is 0 Å². The number of hydrogen-bond donors (Lipinski definition) is 0. The fraction of sp³-hybridized carbons (Fsp3) is 0.697. The van der Waals surface area contributed by atoms with Gasteiger partial charge in [0.1, 0.15) is 18.8 Å². The molecule has 0 aliphatic carbocycles. The molecule has 0 aromatic rings. The average Bonchev–Trinajstić information content (AvgIpc) is 3.27. The van der Waals surface area contributed by atoms with Gasteiger partial charge in [0.2, 0.25) is 0 Å². The molecule has 0 spiro atoms. The Kier molecular flexibility index (Phi) is 16.8. The van der Waals surface area contributed by atoms with Crippen LogP contribution in [0.3, 0.4) is 0 Å². The summed E-state index contributed by atoms with van der Waals surface area (Å²) >= 11 is 0. The van der Waals surface area contributed by atoms with Crippen molar-refractivity contribution in [2.45, 2.75) is 130 Å². The second-order valence-corrected chi connectivity index (χ2v) is 11.8. The summed E-state index contributed by atoms with van der Waals surface area (Å²) < 4.78 is 56.2. The smallest absolute Gasteiger partial charge is 0.303 e. The quantitative estimate of drug-likeness (QED) is 0.129. The van der Waals surface area contributed by atoms with Gasteiger partial charge in [-0.1, -0.05) is 23.3 Å². The van der Waals surface area contributed by atoms with Gasteiger partial charge in [0.05, 0.1) is 13.2 Å². The zero-order valence-electron chi connectivity index (χ0n) is 29.4. The number of carbonyl (C=O) groups is 6. The monoisotopic (exact) mass is 700 g/mol. The first-order chi connectivity index (χ1) is 23.0. The molecule has 16 heteroatoms. The Balaban J connectivity index is 2.42. The molecule has 0 bridgehead atoms. The molecule has 49 heavy (non-hydrogen) atoms. The first-order valence-corrected chi connectivity index (χ1v) is 15.8. The fourth-order valence-corrected chi connectivity index (χ4v) is 5.10. The molecule has 276 valence electrons. The van der Waals surface area contributed by atoms with Gasteiger partial charge in [-0.3, -0.25) is 28.8 Å². The SMILES string of the molecule is CC(=O)OC[C@H]1O[C@@H](OC[C@H]2O[C@H](OC/C=C(\C)CCC=C(C)C)[C@H](OC(C)=O)[C@@H](OC(C)=O)[C@@H]2OC(C)=O)[C@@H](OC(C)=O)[C@@H]1OC(C)=O. The summed E-state index contributed by atoms with van der Waals surface area (Å²) in [5.41, 5.74) is 2.21. The molecule has 2 heterocycles. The molecule has 0 saturated carbocycles. The lowest BCUT2D eigenvalue weighted by atomic mass is 9.98. The Bertz CT molecular complexity index is 1240. The van der Waals surface area contributed by atoms with Crippen molar-refractivity contribution in [3.63, 3.8) is 0 Å². The number of allylic oxidation sites excluding steroid dienone is 3. The molecule has 2 fully saturated rings. The topological polar surface area (TPSA) is 195 Å². The maximum Gasteiger partial charge on any atom is 0.303 e. The molecule has 2 saturated heterocycles. The van der Waals surface area contributed by atoms with Gasteiger partial charge >= 0.3 is 35.8 Å². The summed E-state index contributed by atoms with van der Waals surface area (Å²) in [6.45, 7) is 12.0. The Morgan fingerprint density at radius 1 is 0.510 bits per heavy atom. The van der Waals surface area contributed by atoms with Crippen LogP contribution in [-0.4, -0.2) is 111 Å². The van der Waals surface area contributed by atoms with Crippen LogP contribution in [0, 0.1) is 0 Å². The van der Waals surface area contributed by atoms with Crippen LogP contribution >= 0.6 is 0 Å². The van der Waals surface area contributed by atoms with E-state index in [0.717, 1.165) is 53.0 Å². The molecule has 2 rings (SSSR count). The molecule has 2 aliphatic rings. The lowest BCUT2D eigenvalue weighted by Gasteiger charge is -2.44. The molecule has 0 aromatic heterocycles. The predicted octanol–water partition coefficient (Wildman–Crippen LogP) is 2.38. The maximum absolute atomic E-state index is 12.2. The normalized spacial score (nSPS) is 28.1. The summed E-state index contributed by atoms with van der Waals surface area (Å²) in [4.78, 5) is 72.1. The first kappa shape index (κ1) is 41.3. The zero-order valence-corrected chi connectivity index (χ0v) is 29.4. The van der Waals surface area contributed by atoms with E-state index in [4.69, 9.17) is 47.4 Å². The number of carbonyl (C=O) groups excluding carboxylic acids is 6. The third kappa shape index (κ3) is 14.3. The van der Waals surface area contributed by atoms with Crippen LogP contribution in [-0.2, 0) is 76.1 Å². The summed E-state index contributed by atoms with van der Waals surface area (Å²) in [5, 5.41) is 0. The minimum atomic E-state index is -1.40. The van der Waals surface area contributed by atoms with Crippen LogP contribution in [0.2, 0.25) is 0 Å². The van der Waals surface area contributed by atoms with E-state index < -0.39 is 97.7 Å². The van der Waals surface area contributed by atoms with Gasteiger partial charge < -0.3 is 47.4 Å². The third-order valence-corrected chi connectivity index (χ3v) is 7.03. The highest BCUT2D eigenvalue weighted by atomic mass is 16.8. The van der Waals surface area contributed by atoms with Crippen LogP contribution in [0.25, 0.3) is 0 Å². The van der Waals surface area contributed by atoms with Crippen LogP contribution in [0.5, 0.6) is 0 Å². The van der Waals surface area contributed by atoms with Crippen LogP contribution in [0.4, 0.5) is 0 Å². The lowest BCUT2D eigenvalue weighted by Crippen LogP contribution is -2.63. The fourth-order valence-electron chi connectivity index (χ4n) is 5.10. The highest BCUT2D eigenvalue weighted by Crippen LogP contribution is 2.33. The number of rotatable bonds is 16. The van der Waals surface area contributed by atoms with Gasteiger partial charge in [0.15, 0.2) is 43.1 Å². The number of hydrogen-bond acceptors (Lipinski definition) is 16. The molecule has 9 atom stereocenters. The second kappa shape index (κ2) is 20.0. The Labute approximate surface area is 285 Å². The number of esters is 6. The molecule has 0 N–H and O–H groups in total. The summed E-state index contributed by atoms with van der Waals surface area (Å²) in [6.07, 6.45) is -6.24. The maximum atomic E-state index is 12.2. The van der Waals surface area contributed by atoms with E-state index in [9.17, 15) is 28.8 Å². The van der Waals surface area contributed by atoms with Crippen molar-refractivity contribution in [2.75, 3.05) is 19.8 Å². The van der Waals surface area contributed by atoms with Crippen LogP contribution in [0.1, 0.15) is 75.2 Å². The molecule has 0 aromatic carbocycles. The molecule has 0 radical (unpaired) electrons. The van der Waals surface area contributed by atoms with Gasteiger partial charge in [-0.25, -0.2) is 0 Å². The van der Waals surface area contributed by atoms with Crippen LogP contribution < -0.4 is 0 Å². The van der Waals surface area contributed by atoms with Gasteiger partial charge in [0.25, 0.3) is 0 Å². The summed E-state index contributed by atoms with van der Waals surface area (Å²) in [5.74, 6) is -4.42. The van der Waals surface area contributed by atoms with Gasteiger partial charge in [-0.2, -0.15) is 0 Å². The summed E-state index contributed by atoms with van der Waals surface area (Å²) in [7, 11) is 0. The largest absolute Gasteiger partial charge is 0.463 e. The van der Waals surface area contributed by atoms with Crippen molar-refractivity contribution in [1.29, 1.82) is 0 Å². The van der Waals surface area contributed by atoms with Crippen molar-refractivity contribution < 1.29 is 76.1 Å². The highest BCUT2D eigenvalue weighted by molar-refractivity contribution is 5.69. The Morgan fingerprint density at radius 2 is 0.939 bits per heavy atom. The Hall–Kier alpha value is -3.86. The van der Waals surface area contributed by atoms with Crippen molar-refractivity contribution in [3.05, 3.63) is 23.3 Å². The first-order valence-electron chi connectivity index (χ1n) is 15.8. The minimum absolute atomic E-state index is 0.0177. The highest BCUT2D eigenvalue weighted by Gasteiger charge is 2.54. The predicted molar refractivity (Wildman–Crippen MR) is 166 cm³/mol. The Morgan fingerprint density at radius 3 is 1.43 bits per heavy atom. The van der Waals surface area contributed by atoms with E-state index in [0.29, 0.717) is 0 Å². The van der Waals surface area contributed by atoms with E-state index in [-0.39, 0.29) is 13.2 Å². The average molecular weight is 701 g/mol. The van der Waals surface area contributed by atoms with Gasteiger partial charge in [-0.05, 0) is 33.6 Å². The van der Waals surface area contributed by atoms with Crippen molar-refractivity contribution in [3.8, 4) is 0 Å². The van der Waals surface area contributed by atoms with Crippen LogP contribution in [0.15, 0.2) is 23.3 Å². The molecular formula is C33H48O16. The van der Waals surface area contributed by atoms with Crippen molar-refractivity contribution in [2.24, 2.45) is 0 Å². The lowest BCUT2D eigenvalue weighted by molar-refractivity contribution is -0.313. The second-order valence-electron chi connectivity index (χ2n) is 11.8. The number of ether oxygens (including phenoxy) is 10. The van der Waals surface area contributed by atoms with Crippen molar-refractivity contribution >= 4 is 35.8 Å². The van der Waals surface area contributed by atoms with E-state index in [1.807, 2.05) is 26.8 Å². The van der Waals surface area contributed by atoms with E-state index >= 15 is 0 Å². The zero-order chi connectivity index (χ0) is 36.8. The van der Waals surface area contributed by atoms with E-state index in [1.54, 1.807) is 0 Å². The standard InChI is InChI=1S/C33H48O16/c1-17(2)11-10-12-18(3)13-14-40-32-31(47-24(9)39)29(45-22(7)37)27(43-20(5)35)26(48-32)16-42-33-30(46-23(8)38)28(44-21(6)36)25(49-33)15-41-19(4)34/h11,13,25-33H,10,12,14-16H2,1-9H3/b18-13+/t25-,26-,27-,28-,29+,30+,31-,32+,33-/m1/s1. The summed E-state index contributed by atoms with van der Waals surface area (Å²) in [6, 6.07) is 0. The molecule has 0 amide bonds. The van der Waals surface area contributed by atoms with Crippen molar-refractivity contribution in [1.82, 2.24) is 0 Å². The van der Waals surface area contributed by atoms with E-state index in [2.05, 4.69) is 6.08 Å². The minimum Gasteiger partial charge on any atom is -0.463 e. The molecule has 0 unspecified atom stereocenters. The van der Waals surface area contributed by atoms with Gasteiger partial charge in [0, 0.05) is 41.5 Å². The molecule has 2 aliphatic heterocycles. The molecule has 16 nitrogen and oxygen atoms in total. The third-order valence-electron chi connectivity index (χ3n) is 7.03.